The van der Waals surface area contributed by atoms with Crippen molar-refractivity contribution in [3.8, 4) is 0 Å². The van der Waals surface area contributed by atoms with Crippen LogP contribution in [-0.2, 0) is 4.79 Å². The molecule has 1 aromatic carbocycles. The molecule has 0 atom stereocenters. The van der Waals surface area contributed by atoms with Crippen LogP contribution in [0.2, 0.25) is 5.02 Å². The molecule has 1 N–H and O–H groups in total. The molecule has 5 rings (SSSR count). The van der Waals surface area contributed by atoms with E-state index in [4.69, 9.17) is 11.6 Å². The van der Waals surface area contributed by atoms with E-state index >= 15 is 0 Å². The third-order valence-corrected chi connectivity index (χ3v) is 7.62. The zero-order chi connectivity index (χ0) is 24.9. The standard InChI is InChI=1S/C25H26ClF2N5O2/c1-14-10-15(2)33-22(30-14)17(13-29-33)23(34)31-16-4-7-25(8-5-16)6-3-9-32(24(25)35)21-12-20(28)19(27)11-18(21)26/h10-13,16H,3-9H2,1-2H3,(H,31,34). The minimum Gasteiger partial charge on any atom is -0.349 e. The highest BCUT2D eigenvalue weighted by molar-refractivity contribution is 6.33. The van der Waals surface area contributed by atoms with Crippen molar-refractivity contribution >= 4 is 34.7 Å². The Morgan fingerprint density at radius 3 is 2.60 bits per heavy atom. The fourth-order valence-corrected chi connectivity index (χ4v) is 5.74. The smallest absolute Gasteiger partial charge is 0.256 e. The first-order valence-electron chi connectivity index (χ1n) is 11.8. The fraction of sp³-hybridized carbons (Fsp3) is 0.440. The predicted octanol–water partition coefficient (Wildman–Crippen LogP) is 4.76. The summed E-state index contributed by atoms with van der Waals surface area (Å²) in [5, 5.41) is 7.39. The molecule has 2 aromatic heterocycles. The van der Waals surface area contributed by atoms with E-state index in [1.54, 1.807) is 4.52 Å². The molecule has 1 saturated carbocycles. The number of halogens is 3. The van der Waals surface area contributed by atoms with Crippen molar-refractivity contribution in [3.63, 3.8) is 0 Å². The predicted molar refractivity (Wildman–Crippen MR) is 128 cm³/mol. The van der Waals surface area contributed by atoms with Crippen molar-refractivity contribution in [3.05, 3.63) is 58.0 Å². The van der Waals surface area contributed by atoms with Crippen molar-refractivity contribution in [1.29, 1.82) is 0 Å². The van der Waals surface area contributed by atoms with E-state index in [9.17, 15) is 18.4 Å². The molecule has 1 saturated heterocycles. The Hall–Kier alpha value is -3.07. The van der Waals surface area contributed by atoms with Gasteiger partial charge in [0.2, 0.25) is 5.91 Å². The number of anilines is 1. The average molecular weight is 502 g/mol. The molecule has 1 spiro atoms. The summed E-state index contributed by atoms with van der Waals surface area (Å²) in [7, 11) is 0. The summed E-state index contributed by atoms with van der Waals surface area (Å²) in [5.41, 5.74) is 2.27. The molecule has 2 amide bonds. The van der Waals surface area contributed by atoms with E-state index in [0.29, 0.717) is 43.4 Å². The van der Waals surface area contributed by atoms with E-state index in [2.05, 4.69) is 15.4 Å². The monoisotopic (exact) mass is 501 g/mol. The van der Waals surface area contributed by atoms with E-state index < -0.39 is 17.0 Å². The number of carbonyl (C=O) groups excluding carboxylic acids is 2. The van der Waals surface area contributed by atoms with E-state index in [1.165, 1.54) is 11.1 Å². The summed E-state index contributed by atoms with van der Waals surface area (Å²) in [5.74, 6) is -2.42. The van der Waals surface area contributed by atoms with Gasteiger partial charge in [0.15, 0.2) is 17.3 Å². The van der Waals surface area contributed by atoms with Gasteiger partial charge in [-0.15, -0.1) is 0 Å². The number of hydrogen-bond acceptors (Lipinski definition) is 4. The number of hydrogen-bond donors (Lipinski definition) is 1. The molecule has 3 aromatic rings. The molecule has 2 aliphatic rings. The van der Waals surface area contributed by atoms with Crippen LogP contribution in [0.5, 0.6) is 0 Å². The number of aromatic nitrogens is 3. The van der Waals surface area contributed by atoms with Gasteiger partial charge in [0, 0.05) is 35.5 Å². The molecule has 35 heavy (non-hydrogen) atoms. The number of piperidine rings is 1. The van der Waals surface area contributed by atoms with Crippen LogP contribution in [0.3, 0.4) is 0 Å². The second-order valence-electron chi connectivity index (χ2n) is 9.64. The Kier molecular flexibility index (Phi) is 5.99. The van der Waals surface area contributed by atoms with Crippen molar-refractivity contribution in [2.24, 2.45) is 5.41 Å². The lowest BCUT2D eigenvalue weighted by Gasteiger charge is -2.45. The number of amides is 2. The maximum absolute atomic E-state index is 13.9. The first-order chi connectivity index (χ1) is 16.7. The number of fused-ring (bicyclic) bond motifs is 1. The molecule has 0 unspecified atom stereocenters. The lowest BCUT2D eigenvalue weighted by atomic mass is 9.67. The lowest BCUT2D eigenvalue weighted by Crippen LogP contribution is -2.52. The number of aryl methyl sites for hydroxylation is 2. The first-order valence-corrected chi connectivity index (χ1v) is 12.2. The van der Waals surface area contributed by atoms with Gasteiger partial charge in [0.05, 0.1) is 16.9 Å². The quantitative estimate of drug-likeness (QED) is 0.525. The highest BCUT2D eigenvalue weighted by atomic mass is 35.5. The van der Waals surface area contributed by atoms with Crippen LogP contribution in [0.4, 0.5) is 14.5 Å². The van der Waals surface area contributed by atoms with E-state index in [-0.39, 0.29) is 28.6 Å². The average Bonchev–Trinajstić information content (AvgIpc) is 3.24. The van der Waals surface area contributed by atoms with Crippen molar-refractivity contribution in [2.75, 3.05) is 11.4 Å². The van der Waals surface area contributed by atoms with Crippen molar-refractivity contribution in [1.82, 2.24) is 19.9 Å². The van der Waals surface area contributed by atoms with Crippen LogP contribution in [-0.4, -0.2) is 39.0 Å². The maximum atomic E-state index is 13.9. The molecule has 0 radical (unpaired) electrons. The zero-order valence-corrected chi connectivity index (χ0v) is 20.3. The van der Waals surface area contributed by atoms with Crippen molar-refractivity contribution < 1.29 is 18.4 Å². The van der Waals surface area contributed by atoms with Crippen LogP contribution in [0, 0.1) is 30.9 Å². The zero-order valence-electron chi connectivity index (χ0n) is 19.6. The Bertz CT molecular complexity index is 1330. The van der Waals surface area contributed by atoms with Gasteiger partial charge in [0.1, 0.15) is 5.56 Å². The molecule has 2 fully saturated rings. The summed E-state index contributed by atoms with van der Waals surface area (Å²) >= 11 is 6.16. The molecule has 0 bridgehead atoms. The van der Waals surface area contributed by atoms with E-state index in [1.807, 2.05) is 19.9 Å². The molecular formula is C25H26ClF2N5O2. The molecule has 10 heteroatoms. The summed E-state index contributed by atoms with van der Waals surface area (Å²) in [4.78, 5) is 32.5. The Morgan fingerprint density at radius 1 is 1.14 bits per heavy atom. The van der Waals surface area contributed by atoms with Crippen molar-refractivity contribution in [2.45, 2.75) is 58.4 Å². The summed E-state index contributed by atoms with van der Waals surface area (Å²) in [6, 6.07) is 3.73. The summed E-state index contributed by atoms with van der Waals surface area (Å²) < 4.78 is 29.1. The third kappa shape index (κ3) is 4.16. The fourth-order valence-electron chi connectivity index (χ4n) is 5.49. The van der Waals surface area contributed by atoms with Crippen LogP contribution in [0.1, 0.15) is 60.3 Å². The highest BCUT2D eigenvalue weighted by Gasteiger charge is 2.47. The first kappa shape index (κ1) is 23.7. The number of benzene rings is 1. The number of carbonyl (C=O) groups is 2. The summed E-state index contributed by atoms with van der Waals surface area (Å²) in [6.45, 7) is 4.20. The molecule has 7 nitrogen and oxygen atoms in total. The van der Waals surface area contributed by atoms with Crippen LogP contribution >= 0.6 is 11.6 Å². The lowest BCUT2D eigenvalue weighted by molar-refractivity contribution is -0.132. The topological polar surface area (TPSA) is 79.6 Å². The number of nitrogens with zero attached hydrogens (tertiary/aromatic N) is 4. The summed E-state index contributed by atoms with van der Waals surface area (Å²) in [6.07, 6.45) is 5.47. The van der Waals surface area contributed by atoms with Gasteiger partial charge in [0.25, 0.3) is 5.91 Å². The molecule has 1 aliphatic heterocycles. The van der Waals surface area contributed by atoms with Gasteiger partial charge in [-0.25, -0.2) is 18.3 Å². The van der Waals surface area contributed by atoms with Crippen LogP contribution in [0.25, 0.3) is 5.65 Å². The number of nitrogens with one attached hydrogen (secondary N) is 1. The largest absolute Gasteiger partial charge is 0.349 e. The number of rotatable bonds is 3. The molecule has 1 aliphatic carbocycles. The van der Waals surface area contributed by atoms with E-state index in [0.717, 1.165) is 36.4 Å². The van der Waals surface area contributed by atoms with Gasteiger partial charge in [-0.2, -0.15) is 5.10 Å². The SMILES string of the molecule is Cc1cc(C)n2ncc(C(=O)NC3CCC4(CCCN(c5cc(F)c(F)cc5Cl)C4=O)CC3)c2n1. The van der Waals surface area contributed by atoms with Gasteiger partial charge < -0.3 is 10.2 Å². The van der Waals surface area contributed by atoms with Gasteiger partial charge in [-0.3, -0.25) is 9.59 Å². The van der Waals surface area contributed by atoms with Crippen LogP contribution in [0.15, 0.2) is 24.4 Å². The third-order valence-electron chi connectivity index (χ3n) is 7.32. The van der Waals surface area contributed by atoms with Gasteiger partial charge in [-0.1, -0.05) is 11.6 Å². The molecule has 184 valence electrons. The van der Waals surface area contributed by atoms with Gasteiger partial charge >= 0.3 is 0 Å². The molecule has 3 heterocycles. The highest BCUT2D eigenvalue weighted by Crippen LogP contribution is 2.46. The second kappa shape index (κ2) is 8.86. The minimum absolute atomic E-state index is 0.0164. The minimum atomic E-state index is -1.04. The Balaban J connectivity index is 1.29. The second-order valence-corrected chi connectivity index (χ2v) is 10.0. The Labute approximate surface area is 206 Å². The normalized spacial score (nSPS) is 22.7. The van der Waals surface area contributed by atoms with Gasteiger partial charge in [-0.05, 0) is 64.5 Å². The Morgan fingerprint density at radius 2 is 1.86 bits per heavy atom. The molecular weight excluding hydrogens is 476 g/mol. The maximum Gasteiger partial charge on any atom is 0.256 e. The van der Waals surface area contributed by atoms with Crippen LogP contribution < -0.4 is 10.2 Å².